The molecule has 7 heteroatoms. The Hall–Kier alpha value is -2.47. The number of fused-ring (bicyclic) bond motifs is 1. The second-order valence-electron chi connectivity index (χ2n) is 5.36. The smallest absolute Gasteiger partial charge is 0.290 e. The minimum Gasteiger partial charge on any atom is -0.336 e. The van der Waals surface area contributed by atoms with Gasteiger partial charge in [0.1, 0.15) is 11.3 Å². The Morgan fingerprint density at radius 3 is 2.78 bits per heavy atom. The predicted molar refractivity (Wildman–Crippen MR) is 84.4 cm³/mol. The molecule has 23 heavy (non-hydrogen) atoms. The van der Waals surface area contributed by atoms with Gasteiger partial charge in [0.05, 0.1) is 5.69 Å². The standard InChI is InChI=1S/C16H12ClFN4O/c17-10-4-5-13(11(18)9-10)22-14-12(3-1-6-19-14)20-15(22)16(23)21-7-2-8-21/h1,3-6,9H,2,7-8H2. The molecule has 1 aliphatic rings. The van der Waals surface area contributed by atoms with Gasteiger partial charge in [0.15, 0.2) is 5.65 Å². The lowest BCUT2D eigenvalue weighted by Crippen LogP contribution is -2.43. The number of benzene rings is 1. The SMILES string of the molecule is O=C(c1nc2cccnc2n1-c1ccc(Cl)cc1F)N1CCC1. The van der Waals surface area contributed by atoms with Crippen molar-refractivity contribution < 1.29 is 9.18 Å². The van der Waals surface area contributed by atoms with E-state index in [1.807, 2.05) is 0 Å². The average Bonchev–Trinajstić information content (AvgIpc) is 2.85. The lowest BCUT2D eigenvalue weighted by molar-refractivity contribution is 0.0637. The van der Waals surface area contributed by atoms with Crippen LogP contribution < -0.4 is 0 Å². The minimum atomic E-state index is -0.528. The number of carbonyl (C=O) groups is 1. The molecule has 1 fully saturated rings. The van der Waals surface area contributed by atoms with Crippen LogP contribution in [0.5, 0.6) is 0 Å². The fourth-order valence-electron chi connectivity index (χ4n) is 2.61. The number of hydrogen-bond acceptors (Lipinski definition) is 3. The molecule has 0 atom stereocenters. The van der Waals surface area contributed by atoms with Crippen molar-refractivity contribution in [3.8, 4) is 5.69 Å². The molecule has 1 amide bonds. The third kappa shape index (κ3) is 2.26. The Morgan fingerprint density at radius 2 is 2.09 bits per heavy atom. The van der Waals surface area contributed by atoms with E-state index in [0.717, 1.165) is 6.42 Å². The Kier molecular flexibility index (Phi) is 3.27. The van der Waals surface area contributed by atoms with Gasteiger partial charge < -0.3 is 4.90 Å². The topological polar surface area (TPSA) is 51.0 Å². The number of carbonyl (C=O) groups excluding carboxylic acids is 1. The van der Waals surface area contributed by atoms with Crippen LogP contribution >= 0.6 is 11.6 Å². The molecule has 3 heterocycles. The van der Waals surface area contributed by atoms with Crippen molar-refractivity contribution in [2.45, 2.75) is 6.42 Å². The van der Waals surface area contributed by atoms with E-state index in [-0.39, 0.29) is 17.4 Å². The van der Waals surface area contributed by atoms with E-state index in [2.05, 4.69) is 9.97 Å². The number of hydrogen-bond donors (Lipinski definition) is 0. The van der Waals surface area contributed by atoms with Crippen molar-refractivity contribution in [1.29, 1.82) is 0 Å². The van der Waals surface area contributed by atoms with E-state index < -0.39 is 5.82 Å². The summed E-state index contributed by atoms with van der Waals surface area (Å²) in [4.78, 5) is 22.9. The second kappa shape index (κ2) is 5.31. The Labute approximate surface area is 136 Å². The zero-order chi connectivity index (χ0) is 16.0. The third-order valence-electron chi connectivity index (χ3n) is 3.90. The molecule has 5 nitrogen and oxygen atoms in total. The van der Waals surface area contributed by atoms with E-state index in [9.17, 15) is 9.18 Å². The lowest BCUT2D eigenvalue weighted by atomic mass is 10.2. The Balaban J connectivity index is 1.97. The summed E-state index contributed by atoms with van der Waals surface area (Å²) in [5.74, 6) is -0.580. The number of pyridine rings is 1. The maximum Gasteiger partial charge on any atom is 0.290 e. The van der Waals surface area contributed by atoms with Gasteiger partial charge in [-0.3, -0.25) is 9.36 Å². The van der Waals surface area contributed by atoms with Gasteiger partial charge in [-0.15, -0.1) is 0 Å². The van der Waals surface area contributed by atoms with E-state index in [1.54, 1.807) is 29.3 Å². The molecule has 0 aliphatic carbocycles. The summed E-state index contributed by atoms with van der Waals surface area (Å²) in [6, 6.07) is 7.80. The van der Waals surface area contributed by atoms with Crippen molar-refractivity contribution in [3.63, 3.8) is 0 Å². The zero-order valence-electron chi connectivity index (χ0n) is 12.0. The average molecular weight is 331 g/mol. The fraction of sp³-hybridized carbons (Fsp3) is 0.188. The summed E-state index contributed by atoms with van der Waals surface area (Å²) < 4.78 is 15.9. The molecular formula is C16H12ClFN4O. The Morgan fingerprint density at radius 1 is 1.26 bits per heavy atom. The normalized spacial score (nSPS) is 14.1. The molecule has 1 aliphatic heterocycles. The molecule has 2 aromatic heterocycles. The van der Waals surface area contributed by atoms with Gasteiger partial charge in [-0.1, -0.05) is 11.6 Å². The predicted octanol–water partition coefficient (Wildman–Crippen LogP) is 3.06. The van der Waals surface area contributed by atoms with Crippen LogP contribution in [0.15, 0.2) is 36.5 Å². The van der Waals surface area contributed by atoms with Gasteiger partial charge in [0.2, 0.25) is 5.82 Å². The highest BCUT2D eigenvalue weighted by atomic mass is 35.5. The number of amides is 1. The molecule has 3 aromatic rings. The molecule has 116 valence electrons. The van der Waals surface area contributed by atoms with Crippen molar-refractivity contribution in [3.05, 3.63) is 53.2 Å². The molecule has 1 aromatic carbocycles. The monoisotopic (exact) mass is 330 g/mol. The summed E-state index contributed by atoms with van der Waals surface area (Å²) in [6.45, 7) is 1.39. The van der Waals surface area contributed by atoms with Crippen LogP contribution in [0.2, 0.25) is 5.02 Å². The maximum atomic E-state index is 14.4. The van der Waals surface area contributed by atoms with Crippen LogP contribution in [0.3, 0.4) is 0 Å². The first-order valence-corrected chi connectivity index (χ1v) is 7.61. The molecule has 0 spiro atoms. The largest absolute Gasteiger partial charge is 0.336 e. The highest BCUT2D eigenvalue weighted by Gasteiger charge is 2.28. The van der Waals surface area contributed by atoms with E-state index >= 15 is 0 Å². The quantitative estimate of drug-likeness (QED) is 0.725. The van der Waals surface area contributed by atoms with E-state index in [4.69, 9.17) is 11.6 Å². The summed E-state index contributed by atoms with van der Waals surface area (Å²) in [6.07, 6.45) is 2.56. The summed E-state index contributed by atoms with van der Waals surface area (Å²) in [5.41, 5.74) is 1.20. The van der Waals surface area contributed by atoms with Crippen LogP contribution in [-0.4, -0.2) is 38.4 Å². The Bertz CT molecular complexity index is 920. The van der Waals surface area contributed by atoms with Gasteiger partial charge in [-0.05, 0) is 36.8 Å². The van der Waals surface area contributed by atoms with Crippen molar-refractivity contribution >= 4 is 28.7 Å². The lowest BCUT2D eigenvalue weighted by Gasteiger charge is -2.30. The number of likely N-dealkylation sites (tertiary alicyclic amines) is 1. The molecule has 4 rings (SSSR count). The first-order valence-electron chi connectivity index (χ1n) is 7.23. The van der Waals surface area contributed by atoms with Crippen LogP contribution in [0.1, 0.15) is 17.0 Å². The summed E-state index contributed by atoms with van der Waals surface area (Å²) >= 11 is 5.83. The first-order chi connectivity index (χ1) is 11.1. The summed E-state index contributed by atoms with van der Waals surface area (Å²) in [7, 11) is 0. The summed E-state index contributed by atoms with van der Waals surface area (Å²) in [5, 5.41) is 0.291. The van der Waals surface area contributed by atoms with Crippen LogP contribution in [0.25, 0.3) is 16.9 Å². The fourth-order valence-corrected chi connectivity index (χ4v) is 2.77. The van der Waals surface area contributed by atoms with Gasteiger partial charge in [0, 0.05) is 24.3 Å². The van der Waals surface area contributed by atoms with Gasteiger partial charge in [-0.25, -0.2) is 14.4 Å². The first kappa shape index (κ1) is 14.1. The highest BCUT2D eigenvalue weighted by molar-refractivity contribution is 6.30. The molecule has 1 saturated heterocycles. The van der Waals surface area contributed by atoms with Crippen LogP contribution in [0.4, 0.5) is 4.39 Å². The molecule has 0 N–H and O–H groups in total. The number of nitrogens with zero attached hydrogens (tertiary/aromatic N) is 4. The van der Waals surface area contributed by atoms with Crippen LogP contribution in [-0.2, 0) is 0 Å². The van der Waals surface area contributed by atoms with Crippen molar-refractivity contribution in [2.75, 3.05) is 13.1 Å². The molecule has 0 unspecified atom stereocenters. The van der Waals surface area contributed by atoms with Crippen LogP contribution in [0, 0.1) is 5.82 Å². The number of aromatic nitrogens is 3. The number of rotatable bonds is 2. The van der Waals surface area contributed by atoms with Gasteiger partial charge in [-0.2, -0.15) is 0 Å². The molecular weight excluding hydrogens is 319 g/mol. The minimum absolute atomic E-state index is 0.166. The van der Waals surface area contributed by atoms with Gasteiger partial charge >= 0.3 is 0 Å². The van der Waals surface area contributed by atoms with Crippen molar-refractivity contribution in [2.24, 2.45) is 0 Å². The number of halogens is 2. The zero-order valence-corrected chi connectivity index (χ0v) is 12.8. The van der Waals surface area contributed by atoms with Gasteiger partial charge in [0.25, 0.3) is 5.91 Å². The van der Waals surface area contributed by atoms with E-state index in [0.29, 0.717) is 29.3 Å². The van der Waals surface area contributed by atoms with Crippen molar-refractivity contribution in [1.82, 2.24) is 19.4 Å². The van der Waals surface area contributed by atoms with E-state index in [1.165, 1.54) is 16.7 Å². The second-order valence-corrected chi connectivity index (χ2v) is 5.79. The molecule has 0 saturated carbocycles. The molecule has 0 radical (unpaired) electrons. The molecule has 0 bridgehead atoms. The third-order valence-corrected chi connectivity index (χ3v) is 4.14. The maximum absolute atomic E-state index is 14.4. The highest BCUT2D eigenvalue weighted by Crippen LogP contribution is 2.25. The number of imidazole rings is 1.